The number of nitrogens with zero attached hydrogens (tertiary/aromatic N) is 1. The van der Waals surface area contributed by atoms with Crippen molar-refractivity contribution in [2.75, 3.05) is 5.32 Å². The van der Waals surface area contributed by atoms with Gasteiger partial charge >= 0.3 is 0 Å². The van der Waals surface area contributed by atoms with Crippen molar-refractivity contribution in [2.45, 2.75) is 45.1 Å². The summed E-state index contributed by atoms with van der Waals surface area (Å²) in [5.41, 5.74) is 1.21. The van der Waals surface area contributed by atoms with Crippen molar-refractivity contribution >= 4 is 5.69 Å². The van der Waals surface area contributed by atoms with Gasteiger partial charge in [0.05, 0.1) is 0 Å². The summed E-state index contributed by atoms with van der Waals surface area (Å²) in [5, 5.41) is 3.61. The van der Waals surface area contributed by atoms with E-state index in [1.165, 1.54) is 37.8 Å². The molecule has 0 saturated heterocycles. The Morgan fingerprint density at radius 2 is 2.13 bits per heavy atom. The molecule has 1 aromatic heterocycles. The van der Waals surface area contributed by atoms with Crippen molar-refractivity contribution < 1.29 is 0 Å². The molecule has 2 atom stereocenters. The summed E-state index contributed by atoms with van der Waals surface area (Å²) in [6.45, 7) is 2.31. The quantitative estimate of drug-likeness (QED) is 0.815. The molecule has 0 aliphatic heterocycles. The Bertz CT molecular complexity index is 284. The van der Waals surface area contributed by atoms with Gasteiger partial charge in [-0.05, 0) is 30.9 Å². The first-order valence-corrected chi connectivity index (χ1v) is 6.05. The zero-order valence-corrected chi connectivity index (χ0v) is 9.45. The molecule has 2 unspecified atom stereocenters. The predicted molar refractivity (Wildman–Crippen MR) is 63.9 cm³/mol. The van der Waals surface area contributed by atoms with Crippen LogP contribution in [0.4, 0.5) is 5.69 Å². The van der Waals surface area contributed by atoms with Crippen molar-refractivity contribution in [1.29, 1.82) is 0 Å². The second-order valence-corrected chi connectivity index (χ2v) is 4.52. The topological polar surface area (TPSA) is 24.9 Å². The highest BCUT2D eigenvalue weighted by atomic mass is 14.9. The van der Waals surface area contributed by atoms with Crippen LogP contribution in [0.15, 0.2) is 24.5 Å². The average Bonchev–Trinajstić information content (AvgIpc) is 2.31. The van der Waals surface area contributed by atoms with Gasteiger partial charge in [-0.1, -0.05) is 26.2 Å². The smallest absolute Gasteiger partial charge is 0.0373 e. The van der Waals surface area contributed by atoms with E-state index in [1.54, 1.807) is 0 Å². The van der Waals surface area contributed by atoms with Crippen LogP contribution in [0.25, 0.3) is 0 Å². The summed E-state index contributed by atoms with van der Waals surface area (Å²) in [6, 6.07) is 4.77. The van der Waals surface area contributed by atoms with Crippen LogP contribution in [0, 0.1) is 5.92 Å². The molecule has 1 fully saturated rings. The Kier molecular flexibility index (Phi) is 3.59. The van der Waals surface area contributed by atoms with Crippen LogP contribution in [-0.4, -0.2) is 11.0 Å². The predicted octanol–water partition coefficient (Wildman–Crippen LogP) is 3.46. The van der Waals surface area contributed by atoms with Crippen LogP contribution in [0.3, 0.4) is 0 Å². The lowest BCUT2D eigenvalue weighted by atomic mass is 9.84. The van der Waals surface area contributed by atoms with Gasteiger partial charge < -0.3 is 5.32 Å². The van der Waals surface area contributed by atoms with Gasteiger partial charge in [0.15, 0.2) is 0 Å². The van der Waals surface area contributed by atoms with Crippen molar-refractivity contribution in [1.82, 2.24) is 4.98 Å². The van der Waals surface area contributed by atoms with E-state index in [1.807, 2.05) is 12.4 Å². The first-order chi connectivity index (χ1) is 7.38. The van der Waals surface area contributed by atoms with Gasteiger partial charge in [0, 0.05) is 24.1 Å². The van der Waals surface area contributed by atoms with E-state index >= 15 is 0 Å². The molecule has 15 heavy (non-hydrogen) atoms. The number of aromatic nitrogens is 1. The lowest BCUT2D eigenvalue weighted by Crippen LogP contribution is -2.26. The van der Waals surface area contributed by atoms with Crippen molar-refractivity contribution in [3.8, 4) is 0 Å². The van der Waals surface area contributed by atoms with Gasteiger partial charge in [0.25, 0.3) is 0 Å². The van der Waals surface area contributed by atoms with E-state index in [-0.39, 0.29) is 0 Å². The number of hydrogen-bond acceptors (Lipinski definition) is 2. The van der Waals surface area contributed by atoms with Gasteiger partial charge in [0.1, 0.15) is 0 Å². The Hall–Kier alpha value is -1.05. The molecule has 1 N–H and O–H groups in total. The highest BCUT2D eigenvalue weighted by Gasteiger charge is 2.20. The molecular weight excluding hydrogens is 184 g/mol. The minimum atomic E-state index is 0.672. The third-order valence-corrected chi connectivity index (χ3v) is 3.41. The van der Waals surface area contributed by atoms with Gasteiger partial charge in [-0.3, -0.25) is 4.98 Å². The normalized spacial score (nSPS) is 26.2. The summed E-state index contributed by atoms with van der Waals surface area (Å²) in [6.07, 6.45) is 10.5. The maximum atomic E-state index is 4.03. The second kappa shape index (κ2) is 5.15. The van der Waals surface area contributed by atoms with E-state index < -0.39 is 0 Å². The Morgan fingerprint density at radius 1 is 1.33 bits per heavy atom. The molecule has 0 bridgehead atoms. The lowest BCUT2D eigenvalue weighted by Gasteiger charge is -2.29. The highest BCUT2D eigenvalue weighted by Crippen LogP contribution is 2.28. The lowest BCUT2D eigenvalue weighted by molar-refractivity contribution is 0.327. The minimum absolute atomic E-state index is 0.672. The molecule has 0 radical (unpaired) electrons. The van der Waals surface area contributed by atoms with Crippen LogP contribution in [-0.2, 0) is 0 Å². The monoisotopic (exact) mass is 204 g/mol. The largest absolute Gasteiger partial charge is 0.382 e. The average molecular weight is 204 g/mol. The first kappa shape index (κ1) is 10.5. The number of pyridine rings is 1. The summed E-state index contributed by atoms with van der Waals surface area (Å²) < 4.78 is 0. The first-order valence-electron chi connectivity index (χ1n) is 6.05. The van der Waals surface area contributed by atoms with Crippen LogP contribution in [0.5, 0.6) is 0 Å². The number of anilines is 1. The summed E-state index contributed by atoms with van der Waals surface area (Å²) in [7, 11) is 0. The van der Waals surface area contributed by atoms with Crippen LogP contribution < -0.4 is 5.32 Å². The van der Waals surface area contributed by atoms with E-state index in [0.717, 1.165) is 5.92 Å². The molecule has 1 saturated carbocycles. The molecule has 82 valence electrons. The van der Waals surface area contributed by atoms with Gasteiger partial charge in [-0.25, -0.2) is 0 Å². The SMILES string of the molecule is CCC1CCCC(Nc2ccncc2)C1. The van der Waals surface area contributed by atoms with Crippen molar-refractivity contribution in [3.05, 3.63) is 24.5 Å². The fraction of sp³-hybridized carbons (Fsp3) is 0.615. The Balaban J connectivity index is 1.89. The molecule has 0 aromatic carbocycles. The van der Waals surface area contributed by atoms with Crippen molar-refractivity contribution in [2.24, 2.45) is 5.92 Å². The zero-order chi connectivity index (χ0) is 10.5. The van der Waals surface area contributed by atoms with E-state index in [4.69, 9.17) is 0 Å². The van der Waals surface area contributed by atoms with Crippen molar-refractivity contribution in [3.63, 3.8) is 0 Å². The number of nitrogens with one attached hydrogen (secondary N) is 1. The molecule has 1 aliphatic carbocycles. The maximum Gasteiger partial charge on any atom is 0.0373 e. The molecule has 2 heteroatoms. The number of rotatable bonds is 3. The third kappa shape index (κ3) is 2.95. The molecule has 2 nitrogen and oxygen atoms in total. The standard InChI is InChI=1S/C13H20N2/c1-2-11-4-3-5-13(10-11)15-12-6-8-14-9-7-12/h6-9,11,13H,2-5,10H2,1H3,(H,14,15). The van der Waals surface area contributed by atoms with Gasteiger partial charge in [-0.15, -0.1) is 0 Å². The Labute approximate surface area is 92.1 Å². The second-order valence-electron chi connectivity index (χ2n) is 4.52. The zero-order valence-electron chi connectivity index (χ0n) is 9.45. The fourth-order valence-electron chi connectivity index (χ4n) is 2.48. The molecule has 0 amide bonds. The minimum Gasteiger partial charge on any atom is -0.382 e. The van der Waals surface area contributed by atoms with E-state index in [2.05, 4.69) is 29.4 Å². The maximum absolute atomic E-state index is 4.03. The third-order valence-electron chi connectivity index (χ3n) is 3.41. The van der Waals surface area contributed by atoms with Gasteiger partial charge in [-0.2, -0.15) is 0 Å². The molecule has 1 aliphatic rings. The van der Waals surface area contributed by atoms with Crippen LogP contribution in [0.1, 0.15) is 39.0 Å². The molecular formula is C13H20N2. The number of hydrogen-bond donors (Lipinski definition) is 1. The van der Waals surface area contributed by atoms with Crippen LogP contribution in [0.2, 0.25) is 0 Å². The Morgan fingerprint density at radius 3 is 2.87 bits per heavy atom. The van der Waals surface area contributed by atoms with E-state index in [0.29, 0.717) is 6.04 Å². The summed E-state index contributed by atoms with van der Waals surface area (Å²) in [5.74, 6) is 0.929. The van der Waals surface area contributed by atoms with E-state index in [9.17, 15) is 0 Å². The molecule has 2 rings (SSSR count). The molecule has 0 spiro atoms. The highest BCUT2D eigenvalue weighted by molar-refractivity contribution is 5.41. The summed E-state index contributed by atoms with van der Waals surface area (Å²) in [4.78, 5) is 4.03. The fourth-order valence-corrected chi connectivity index (χ4v) is 2.48. The summed E-state index contributed by atoms with van der Waals surface area (Å²) >= 11 is 0. The molecule has 1 aromatic rings. The molecule has 1 heterocycles. The van der Waals surface area contributed by atoms with Crippen LogP contribution >= 0.6 is 0 Å². The van der Waals surface area contributed by atoms with Gasteiger partial charge in [0.2, 0.25) is 0 Å².